The Morgan fingerprint density at radius 1 is 0.870 bits per heavy atom. The Balaban J connectivity index is 1.82. The maximum Gasteiger partial charge on any atom is 0.433 e. The normalized spacial score (nSPS) is 11.3. The number of para-hydroxylation sites is 1. The van der Waals surface area contributed by atoms with Crippen molar-refractivity contribution in [3.8, 4) is 23.1 Å². The summed E-state index contributed by atoms with van der Waals surface area (Å²) in [5.74, 6) is 0.446. The third-order valence-corrected chi connectivity index (χ3v) is 2.78. The van der Waals surface area contributed by atoms with Crippen LogP contribution in [-0.4, -0.2) is 19.9 Å². The van der Waals surface area contributed by atoms with Crippen LogP contribution in [0.4, 0.5) is 13.2 Å². The molecule has 0 unspecified atom stereocenters. The van der Waals surface area contributed by atoms with Crippen LogP contribution in [0.25, 0.3) is 11.4 Å². The van der Waals surface area contributed by atoms with Gasteiger partial charge in [-0.2, -0.15) is 13.2 Å². The number of ether oxygens (including phenoxy) is 1. The van der Waals surface area contributed by atoms with Crippen molar-refractivity contribution in [1.29, 1.82) is 0 Å². The highest BCUT2D eigenvalue weighted by atomic mass is 19.4. The molecule has 0 fully saturated rings. The van der Waals surface area contributed by atoms with Crippen molar-refractivity contribution < 1.29 is 17.9 Å². The maximum atomic E-state index is 12.6. The third-order valence-electron chi connectivity index (χ3n) is 2.78. The monoisotopic (exact) mass is 318 g/mol. The van der Waals surface area contributed by atoms with E-state index in [-0.39, 0.29) is 17.4 Å². The van der Waals surface area contributed by atoms with Gasteiger partial charge in [0, 0.05) is 18.6 Å². The Hall–Kier alpha value is -3.03. The summed E-state index contributed by atoms with van der Waals surface area (Å²) in [4.78, 5) is 15.2. The Kier molecular flexibility index (Phi) is 3.88. The summed E-state index contributed by atoms with van der Waals surface area (Å²) in [6.07, 6.45) is -0.879. The number of alkyl halides is 3. The fraction of sp³-hybridized carbons (Fsp3) is 0.0667. The highest BCUT2D eigenvalue weighted by Crippen LogP contribution is 2.28. The number of benzene rings is 1. The molecule has 116 valence electrons. The molecule has 3 rings (SSSR count). The second-order valence-corrected chi connectivity index (χ2v) is 4.43. The summed E-state index contributed by atoms with van der Waals surface area (Å²) in [6.45, 7) is 0. The van der Waals surface area contributed by atoms with E-state index in [0.717, 1.165) is 12.3 Å². The first-order valence-electron chi connectivity index (χ1n) is 6.48. The van der Waals surface area contributed by atoms with E-state index in [1.165, 1.54) is 12.4 Å². The van der Waals surface area contributed by atoms with E-state index in [2.05, 4.69) is 19.9 Å². The zero-order chi connectivity index (χ0) is 16.3. The molecule has 0 N–H and O–H groups in total. The van der Waals surface area contributed by atoms with E-state index in [9.17, 15) is 13.2 Å². The van der Waals surface area contributed by atoms with Crippen LogP contribution in [-0.2, 0) is 6.18 Å². The molecule has 0 atom stereocenters. The van der Waals surface area contributed by atoms with Crippen molar-refractivity contribution >= 4 is 0 Å². The van der Waals surface area contributed by atoms with E-state index < -0.39 is 11.9 Å². The van der Waals surface area contributed by atoms with E-state index in [4.69, 9.17) is 4.74 Å². The molecule has 2 aromatic heterocycles. The highest BCUT2D eigenvalue weighted by molar-refractivity contribution is 5.52. The molecular weight excluding hydrogens is 309 g/mol. The molecule has 0 spiro atoms. The first-order chi connectivity index (χ1) is 11.0. The Labute approximate surface area is 128 Å². The molecule has 0 saturated heterocycles. The summed E-state index contributed by atoms with van der Waals surface area (Å²) in [6, 6.07) is 9.76. The van der Waals surface area contributed by atoms with Gasteiger partial charge in [-0.05, 0) is 18.2 Å². The van der Waals surface area contributed by atoms with Gasteiger partial charge >= 0.3 is 12.2 Å². The van der Waals surface area contributed by atoms with Crippen molar-refractivity contribution in [2.45, 2.75) is 6.18 Å². The molecule has 0 amide bonds. The molecule has 23 heavy (non-hydrogen) atoms. The number of rotatable bonds is 3. The zero-order valence-corrected chi connectivity index (χ0v) is 11.5. The average Bonchev–Trinajstić information content (AvgIpc) is 2.56. The van der Waals surface area contributed by atoms with Gasteiger partial charge in [0.1, 0.15) is 11.4 Å². The number of nitrogens with zero attached hydrogens (tertiary/aromatic N) is 4. The van der Waals surface area contributed by atoms with Crippen LogP contribution in [0.5, 0.6) is 11.8 Å². The van der Waals surface area contributed by atoms with Crippen LogP contribution < -0.4 is 4.74 Å². The summed E-state index contributed by atoms with van der Waals surface area (Å²) >= 11 is 0. The zero-order valence-electron chi connectivity index (χ0n) is 11.5. The van der Waals surface area contributed by atoms with Crippen LogP contribution in [0.3, 0.4) is 0 Å². The van der Waals surface area contributed by atoms with Crippen molar-refractivity contribution in [2.24, 2.45) is 0 Å². The minimum Gasteiger partial charge on any atom is -0.424 e. The first kappa shape index (κ1) is 14.9. The number of aromatic nitrogens is 4. The lowest BCUT2D eigenvalue weighted by Crippen LogP contribution is -2.09. The largest absolute Gasteiger partial charge is 0.433 e. The molecule has 3 aromatic rings. The molecule has 1 aromatic carbocycles. The van der Waals surface area contributed by atoms with Gasteiger partial charge in [0.25, 0.3) is 0 Å². The minimum atomic E-state index is -4.53. The SMILES string of the molecule is FC(F)(F)c1ccnc(-c2cnc(Oc3ccccc3)nc2)n1. The molecule has 8 heteroatoms. The maximum absolute atomic E-state index is 12.6. The van der Waals surface area contributed by atoms with Gasteiger partial charge < -0.3 is 4.74 Å². The topological polar surface area (TPSA) is 60.8 Å². The Morgan fingerprint density at radius 3 is 2.22 bits per heavy atom. The van der Waals surface area contributed by atoms with E-state index in [1.807, 2.05) is 6.07 Å². The lowest BCUT2D eigenvalue weighted by molar-refractivity contribution is -0.141. The van der Waals surface area contributed by atoms with Gasteiger partial charge in [-0.3, -0.25) is 0 Å². The Bertz CT molecular complexity index is 792. The summed E-state index contributed by atoms with van der Waals surface area (Å²) in [5.41, 5.74) is -0.761. The van der Waals surface area contributed by atoms with E-state index in [0.29, 0.717) is 5.75 Å². The standard InChI is InChI=1S/C15H9F3N4O/c16-15(17,18)12-6-7-19-13(22-12)10-8-20-14(21-9-10)23-11-4-2-1-3-5-11/h1-9H. The number of hydrogen-bond donors (Lipinski definition) is 0. The fourth-order valence-electron chi connectivity index (χ4n) is 1.73. The molecule has 0 aliphatic rings. The van der Waals surface area contributed by atoms with Crippen molar-refractivity contribution in [3.63, 3.8) is 0 Å². The highest BCUT2D eigenvalue weighted by Gasteiger charge is 2.32. The lowest BCUT2D eigenvalue weighted by Gasteiger charge is -2.07. The second kappa shape index (κ2) is 5.99. The van der Waals surface area contributed by atoms with Crippen LogP contribution in [0.1, 0.15) is 5.69 Å². The molecule has 5 nitrogen and oxygen atoms in total. The molecule has 0 bridgehead atoms. The smallest absolute Gasteiger partial charge is 0.424 e. The molecule has 0 saturated carbocycles. The average molecular weight is 318 g/mol. The summed E-state index contributed by atoms with van der Waals surface area (Å²) < 4.78 is 43.3. The van der Waals surface area contributed by atoms with Crippen LogP contribution in [0.2, 0.25) is 0 Å². The molecule has 0 radical (unpaired) electrons. The van der Waals surface area contributed by atoms with Crippen LogP contribution in [0, 0.1) is 0 Å². The van der Waals surface area contributed by atoms with Gasteiger partial charge in [-0.25, -0.2) is 19.9 Å². The number of halogens is 3. The van der Waals surface area contributed by atoms with Crippen molar-refractivity contribution in [3.05, 3.63) is 60.7 Å². The predicted octanol–water partition coefficient (Wildman–Crippen LogP) is 3.74. The van der Waals surface area contributed by atoms with Crippen molar-refractivity contribution in [1.82, 2.24) is 19.9 Å². The molecule has 0 aliphatic carbocycles. The number of hydrogen-bond acceptors (Lipinski definition) is 5. The predicted molar refractivity (Wildman–Crippen MR) is 74.6 cm³/mol. The van der Waals surface area contributed by atoms with Crippen molar-refractivity contribution in [2.75, 3.05) is 0 Å². The van der Waals surface area contributed by atoms with Gasteiger partial charge in [0.15, 0.2) is 5.82 Å². The van der Waals surface area contributed by atoms with Crippen LogP contribution >= 0.6 is 0 Å². The summed E-state index contributed by atoms with van der Waals surface area (Å²) in [5, 5.41) is 0. The fourth-order valence-corrected chi connectivity index (χ4v) is 1.73. The van der Waals surface area contributed by atoms with E-state index in [1.54, 1.807) is 24.3 Å². The van der Waals surface area contributed by atoms with Gasteiger partial charge in [-0.1, -0.05) is 18.2 Å². The van der Waals surface area contributed by atoms with Gasteiger partial charge in [0.05, 0.1) is 5.56 Å². The molecular formula is C15H9F3N4O. The third kappa shape index (κ3) is 3.60. The van der Waals surface area contributed by atoms with Crippen LogP contribution in [0.15, 0.2) is 55.0 Å². The van der Waals surface area contributed by atoms with Gasteiger partial charge in [-0.15, -0.1) is 0 Å². The lowest BCUT2D eigenvalue weighted by atomic mass is 10.3. The first-order valence-corrected chi connectivity index (χ1v) is 6.48. The molecule has 2 heterocycles. The quantitative estimate of drug-likeness (QED) is 0.736. The minimum absolute atomic E-state index is 0.0759. The summed E-state index contributed by atoms with van der Waals surface area (Å²) in [7, 11) is 0. The molecule has 0 aliphatic heterocycles. The van der Waals surface area contributed by atoms with E-state index >= 15 is 0 Å². The second-order valence-electron chi connectivity index (χ2n) is 4.43. The van der Waals surface area contributed by atoms with Gasteiger partial charge in [0.2, 0.25) is 0 Å². The Morgan fingerprint density at radius 2 is 1.57 bits per heavy atom.